The minimum absolute atomic E-state index is 0.0218. The maximum Gasteiger partial charge on any atom is 0.264 e. The van der Waals surface area contributed by atoms with Gasteiger partial charge in [-0.1, -0.05) is 12.1 Å². The molecule has 4 aromatic rings. The van der Waals surface area contributed by atoms with Gasteiger partial charge >= 0.3 is 0 Å². The van der Waals surface area contributed by atoms with Crippen LogP contribution in [0.5, 0.6) is 0 Å². The number of aromatic nitrogens is 3. The molecule has 2 amide bonds. The molecule has 0 atom stereocenters. The Morgan fingerprint density at radius 1 is 0.829 bits per heavy atom. The van der Waals surface area contributed by atoms with Crippen LogP contribution in [-0.2, 0) is 14.8 Å². The number of piperazine rings is 1. The van der Waals surface area contributed by atoms with Crippen molar-refractivity contribution in [1.29, 1.82) is 0 Å². The highest BCUT2D eigenvalue weighted by Gasteiger charge is 2.23. The third-order valence-corrected chi connectivity index (χ3v) is 8.69. The van der Waals surface area contributed by atoms with E-state index in [1.165, 1.54) is 18.3 Å². The van der Waals surface area contributed by atoms with Gasteiger partial charge in [0, 0.05) is 75.6 Å². The van der Waals surface area contributed by atoms with Crippen molar-refractivity contribution in [2.24, 2.45) is 0 Å². The van der Waals surface area contributed by atoms with Crippen molar-refractivity contribution in [3.8, 4) is 11.3 Å². The van der Waals surface area contributed by atoms with Gasteiger partial charge < -0.3 is 15.1 Å². The Morgan fingerprint density at radius 3 is 2.10 bits per heavy atom. The van der Waals surface area contributed by atoms with Crippen molar-refractivity contribution in [1.82, 2.24) is 24.8 Å². The summed E-state index contributed by atoms with van der Waals surface area (Å²) in [5.74, 6) is 0.306. The van der Waals surface area contributed by atoms with E-state index in [4.69, 9.17) is 0 Å². The van der Waals surface area contributed by atoms with Crippen LogP contribution in [0.3, 0.4) is 0 Å². The average Bonchev–Trinajstić information content (AvgIpc) is 3.01. The van der Waals surface area contributed by atoms with Crippen LogP contribution in [0.2, 0.25) is 0 Å². The number of sulfonamides is 1. The largest absolute Gasteiger partial charge is 0.339 e. The molecule has 2 aromatic heterocycles. The quantitative estimate of drug-likeness (QED) is 0.357. The van der Waals surface area contributed by atoms with E-state index in [1.54, 1.807) is 95.1 Å². The maximum atomic E-state index is 13.1. The Morgan fingerprint density at radius 2 is 1.46 bits per heavy atom. The Labute approximate surface area is 238 Å². The third-order valence-electron chi connectivity index (χ3n) is 6.89. The van der Waals surface area contributed by atoms with Gasteiger partial charge in [-0.15, -0.1) is 0 Å². The molecular formula is C29H29N7O4S. The van der Waals surface area contributed by atoms with Gasteiger partial charge in [-0.3, -0.25) is 18.9 Å². The van der Waals surface area contributed by atoms with Gasteiger partial charge in [0.05, 0.1) is 16.3 Å². The summed E-state index contributed by atoms with van der Waals surface area (Å²) in [4.78, 5) is 40.8. The summed E-state index contributed by atoms with van der Waals surface area (Å²) in [7, 11) is -2.24. The monoisotopic (exact) mass is 571 g/mol. The van der Waals surface area contributed by atoms with Crippen molar-refractivity contribution in [3.05, 3.63) is 90.9 Å². The van der Waals surface area contributed by atoms with E-state index >= 15 is 0 Å². The molecule has 0 radical (unpaired) electrons. The maximum absolute atomic E-state index is 13.1. The second-order valence-corrected chi connectivity index (χ2v) is 11.4. The lowest BCUT2D eigenvalue weighted by atomic mass is 10.1. The molecule has 1 aliphatic heterocycles. The number of pyridine rings is 1. The lowest BCUT2D eigenvalue weighted by Crippen LogP contribution is -2.50. The number of carbonyl (C=O) groups is 2. The second kappa shape index (κ2) is 11.7. The van der Waals surface area contributed by atoms with Crippen molar-refractivity contribution in [2.45, 2.75) is 11.8 Å². The fourth-order valence-corrected chi connectivity index (χ4v) is 5.66. The molecule has 41 heavy (non-hydrogen) atoms. The molecule has 1 saturated heterocycles. The first kappa shape index (κ1) is 27.7. The van der Waals surface area contributed by atoms with Gasteiger partial charge in [-0.05, 0) is 54.6 Å². The predicted molar refractivity (Wildman–Crippen MR) is 155 cm³/mol. The lowest BCUT2D eigenvalue weighted by Gasteiger charge is -2.34. The van der Waals surface area contributed by atoms with Crippen LogP contribution in [0.4, 0.5) is 17.3 Å². The summed E-state index contributed by atoms with van der Waals surface area (Å²) in [6.07, 6.45) is 4.70. The average molecular weight is 572 g/mol. The number of nitrogens with one attached hydrogen (secondary N) is 1. The number of nitrogens with zero attached hydrogens (tertiary/aromatic N) is 6. The lowest BCUT2D eigenvalue weighted by molar-refractivity contribution is -0.130. The standard InChI is InChI=1S/C29H29N7O4S/c1-21(37)35-17-19-36(20-18-35)28(38)23-3-7-24(8-4-23)32-29-31-16-13-27(33-29)22-5-9-26(10-6-22)41(39,40)34(2)25-11-14-30-15-12-25/h3-16H,17-20H2,1-2H3,(H,31,32,33). The second-order valence-electron chi connectivity index (χ2n) is 9.47. The van der Waals surface area contributed by atoms with Gasteiger partial charge in [0.2, 0.25) is 11.9 Å². The van der Waals surface area contributed by atoms with Crippen LogP contribution in [0.15, 0.2) is 90.2 Å². The number of amides is 2. The molecule has 0 aliphatic carbocycles. The summed E-state index contributed by atoms with van der Waals surface area (Å²) in [5, 5.41) is 3.15. The topological polar surface area (TPSA) is 129 Å². The van der Waals surface area contributed by atoms with Gasteiger partial charge in [-0.25, -0.2) is 18.4 Å². The van der Waals surface area contributed by atoms with E-state index in [0.29, 0.717) is 54.8 Å². The molecule has 1 aliphatic rings. The molecule has 3 heterocycles. The predicted octanol–water partition coefficient (Wildman–Crippen LogP) is 3.41. The molecule has 1 fully saturated rings. The van der Waals surface area contributed by atoms with E-state index in [9.17, 15) is 18.0 Å². The van der Waals surface area contributed by atoms with E-state index in [2.05, 4.69) is 20.3 Å². The highest BCUT2D eigenvalue weighted by atomic mass is 32.2. The summed E-state index contributed by atoms with van der Waals surface area (Å²) >= 11 is 0. The fraction of sp³-hybridized carbons (Fsp3) is 0.207. The fourth-order valence-electron chi connectivity index (χ4n) is 4.46. The van der Waals surface area contributed by atoms with Crippen LogP contribution in [0, 0.1) is 0 Å². The third kappa shape index (κ3) is 6.17. The van der Waals surface area contributed by atoms with E-state index in [1.807, 2.05) is 0 Å². The molecule has 12 heteroatoms. The molecule has 0 spiro atoms. The Hall–Kier alpha value is -4.84. The van der Waals surface area contributed by atoms with Crippen LogP contribution in [-0.4, -0.2) is 78.2 Å². The number of hydrogen-bond donors (Lipinski definition) is 1. The molecular weight excluding hydrogens is 542 g/mol. The van der Waals surface area contributed by atoms with E-state index < -0.39 is 10.0 Å². The zero-order chi connectivity index (χ0) is 29.0. The molecule has 2 aromatic carbocycles. The van der Waals surface area contributed by atoms with Crippen molar-refractivity contribution in [2.75, 3.05) is 42.8 Å². The van der Waals surface area contributed by atoms with Crippen molar-refractivity contribution >= 4 is 39.2 Å². The number of anilines is 3. The summed E-state index contributed by atoms with van der Waals surface area (Å²) in [6, 6.07) is 18.6. The Kier molecular flexibility index (Phi) is 7.92. The first-order valence-corrected chi connectivity index (χ1v) is 14.4. The Balaban J connectivity index is 1.24. The first-order chi connectivity index (χ1) is 19.7. The van der Waals surface area contributed by atoms with Crippen LogP contribution >= 0.6 is 0 Å². The molecule has 0 unspecified atom stereocenters. The number of benzene rings is 2. The van der Waals surface area contributed by atoms with Crippen molar-refractivity contribution in [3.63, 3.8) is 0 Å². The van der Waals surface area contributed by atoms with Crippen LogP contribution < -0.4 is 9.62 Å². The van der Waals surface area contributed by atoms with E-state index in [0.717, 1.165) is 5.56 Å². The summed E-state index contributed by atoms with van der Waals surface area (Å²) < 4.78 is 27.3. The van der Waals surface area contributed by atoms with Gasteiger partial charge in [0.25, 0.3) is 15.9 Å². The molecule has 0 bridgehead atoms. The molecule has 1 N–H and O–H groups in total. The molecule has 0 saturated carbocycles. The van der Waals surface area contributed by atoms with E-state index in [-0.39, 0.29) is 16.7 Å². The number of hydrogen-bond acceptors (Lipinski definition) is 8. The minimum atomic E-state index is -3.75. The highest BCUT2D eigenvalue weighted by Crippen LogP contribution is 2.25. The van der Waals surface area contributed by atoms with Gasteiger partial charge in [0.15, 0.2) is 0 Å². The smallest absolute Gasteiger partial charge is 0.264 e. The Bertz CT molecular complexity index is 1640. The highest BCUT2D eigenvalue weighted by molar-refractivity contribution is 7.92. The molecule has 5 rings (SSSR count). The number of carbonyl (C=O) groups excluding carboxylic acids is 2. The number of rotatable bonds is 7. The zero-order valence-electron chi connectivity index (χ0n) is 22.6. The van der Waals surface area contributed by atoms with Crippen LogP contribution in [0.25, 0.3) is 11.3 Å². The zero-order valence-corrected chi connectivity index (χ0v) is 23.5. The normalized spacial score (nSPS) is 13.5. The summed E-state index contributed by atoms with van der Waals surface area (Å²) in [5.41, 5.74) is 3.13. The minimum Gasteiger partial charge on any atom is -0.339 e. The SMILES string of the molecule is CC(=O)N1CCN(C(=O)c2ccc(Nc3nccc(-c4ccc(S(=O)(=O)N(C)c5ccncc5)cc4)n3)cc2)CC1. The molecule has 11 nitrogen and oxygen atoms in total. The molecule has 210 valence electrons. The summed E-state index contributed by atoms with van der Waals surface area (Å²) in [6.45, 7) is 3.63. The van der Waals surface area contributed by atoms with Gasteiger partial charge in [-0.2, -0.15) is 0 Å². The van der Waals surface area contributed by atoms with Gasteiger partial charge in [0.1, 0.15) is 0 Å². The van der Waals surface area contributed by atoms with Crippen LogP contribution in [0.1, 0.15) is 17.3 Å². The van der Waals surface area contributed by atoms with Crippen molar-refractivity contribution < 1.29 is 18.0 Å². The first-order valence-electron chi connectivity index (χ1n) is 13.0.